The number of carboxylic acids is 1. The van der Waals surface area contributed by atoms with Gasteiger partial charge < -0.3 is 5.11 Å². The second-order valence-corrected chi connectivity index (χ2v) is 5.49. The molecule has 1 aliphatic heterocycles. The van der Waals surface area contributed by atoms with Crippen molar-refractivity contribution in [1.29, 1.82) is 0 Å². The van der Waals surface area contributed by atoms with E-state index in [0.29, 0.717) is 18.2 Å². The smallest absolute Gasteiger partial charge is 0.336 e. The van der Waals surface area contributed by atoms with Gasteiger partial charge in [0.05, 0.1) is 5.56 Å². The van der Waals surface area contributed by atoms with Crippen LogP contribution in [0.25, 0.3) is 0 Å². The number of halogens is 1. The summed E-state index contributed by atoms with van der Waals surface area (Å²) in [6.45, 7) is 3.65. The van der Waals surface area contributed by atoms with Gasteiger partial charge in [0.2, 0.25) is 0 Å². The molecule has 20 heavy (non-hydrogen) atoms. The van der Waals surface area contributed by atoms with Crippen LogP contribution >= 0.6 is 0 Å². The van der Waals surface area contributed by atoms with Crippen LogP contribution in [0.15, 0.2) is 18.2 Å². The molecule has 0 spiro atoms. The summed E-state index contributed by atoms with van der Waals surface area (Å²) < 4.78 is 13.4. The minimum absolute atomic E-state index is 0.213. The molecule has 1 aromatic rings. The Kier molecular flexibility index (Phi) is 5.12. The van der Waals surface area contributed by atoms with Crippen molar-refractivity contribution in [2.45, 2.75) is 51.6 Å². The van der Waals surface area contributed by atoms with Crippen LogP contribution in [0.2, 0.25) is 0 Å². The Morgan fingerprint density at radius 1 is 1.40 bits per heavy atom. The van der Waals surface area contributed by atoms with Gasteiger partial charge in [0.15, 0.2) is 0 Å². The summed E-state index contributed by atoms with van der Waals surface area (Å²) in [7, 11) is 0. The van der Waals surface area contributed by atoms with Crippen LogP contribution in [-0.2, 0) is 6.54 Å². The largest absolute Gasteiger partial charge is 0.478 e. The number of rotatable bonds is 4. The van der Waals surface area contributed by atoms with Crippen molar-refractivity contribution in [2.24, 2.45) is 0 Å². The number of hydrogen-bond donors (Lipinski definition) is 1. The number of carboxylic acid groups (broad SMARTS) is 1. The maximum atomic E-state index is 13.4. The van der Waals surface area contributed by atoms with Gasteiger partial charge in [0.1, 0.15) is 5.82 Å². The second-order valence-electron chi connectivity index (χ2n) is 5.49. The van der Waals surface area contributed by atoms with Gasteiger partial charge in [-0.2, -0.15) is 0 Å². The molecule has 1 atom stereocenters. The Morgan fingerprint density at radius 2 is 2.20 bits per heavy atom. The van der Waals surface area contributed by atoms with E-state index in [1.165, 1.54) is 31.0 Å². The van der Waals surface area contributed by atoms with Crippen molar-refractivity contribution in [3.8, 4) is 0 Å². The zero-order valence-corrected chi connectivity index (χ0v) is 11.9. The van der Waals surface area contributed by atoms with Crippen molar-refractivity contribution in [3.05, 3.63) is 35.1 Å². The van der Waals surface area contributed by atoms with Crippen LogP contribution in [0.1, 0.15) is 54.9 Å². The number of likely N-dealkylation sites (tertiary alicyclic amines) is 1. The molecule has 0 amide bonds. The first kappa shape index (κ1) is 15.0. The van der Waals surface area contributed by atoms with Crippen LogP contribution in [0.3, 0.4) is 0 Å². The van der Waals surface area contributed by atoms with Gasteiger partial charge in [0, 0.05) is 12.6 Å². The number of aromatic carboxylic acids is 1. The Labute approximate surface area is 119 Å². The molecule has 1 N–H and O–H groups in total. The molecule has 0 aromatic heterocycles. The van der Waals surface area contributed by atoms with Crippen LogP contribution in [0.5, 0.6) is 0 Å². The molecule has 1 saturated heterocycles. The maximum Gasteiger partial charge on any atom is 0.336 e. The van der Waals surface area contributed by atoms with E-state index < -0.39 is 5.97 Å². The molecule has 0 radical (unpaired) electrons. The molecule has 1 aliphatic rings. The van der Waals surface area contributed by atoms with Gasteiger partial charge in [-0.3, -0.25) is 4.90 Å². The second kappa shape index (κ2) is 6.84. The lowest BCUT2D eigenvalue weighted by atomic mass is 10.0. The van der Waals surface area contributed by atoms with Crippen molar-refractivity contribution >= 4 is 5.97 Å². The van der Waals surface area contributed by atoms with Crippen molar-refractivity contribution < 1.29 is 14.3 Å². The zero-order chi connectivity index (χ0) is 14.5. The highest BCUT2D eigenvalue weighted by atomic mass is 19.1. The van der Waals surface area contributed by atoms with Gasteiger partial charge in [-0.1, -0.05) is 19.8 Å². The minimum atomic E-state index is -0.983. The first-order chi connectivity index (χ1) is 9.61. The van der Waals surface area contributed by atoms with E-state index in [4.69, 9.17) is 0 Å². The van der Waals surface area contributed by atoms with E-state index in [1.807, 2.05) is 0 Å². The Balaban J connectivity index is 2.22. The number of carbonyl (C=O) groups is 1. The van der Waals surface area contributed by atoms with E-state index in [0.717, 1.165) is 25.8 Å². The molecule has 0 bridgehead atoms. The molecular formula is C16H22FNO2. The third-order valence-electron chi connectivity index (χ3n) is 4.14. The van der Waals surface area contributed by atoms with Gasteiger partial charge >= 0.3 is 5.97 Å². The van der Waals surface area contributed by atoms with Crippen LogP contribution < -0.4 is 0 Å². The van der Waals surface area contributed by atoms with E-state index in [-0.39, 0.29) is 11.4 Å². The van der Waals surface area contributed by atoms with Gasteiger partial charge in [-0.25, -0.2) is 9.18 Å². The molecule has 3 nitrogen and oxygen atoms in total. The van der Waals surface area contributed by atoms with Crippen LogP contribution in [0.4, 0.5) is 4.39 Å². The minimum Gasteiger partial charge on any atom is -0.478 e. The molecule has 110 valence electrons. The molecule has 0 aliphatic carbocycles. The molecular weight excluding hydrogens is 257 g/mol. The molecule has 0 saturated carbocycles. The molecule has 1 unspecified atom stereocenters. The van der Waals surface area contributed by atoms with E-state index in [1.54, 1.807) is 0 Å². The Hall–Kier alpha value is -1.42. The van der Waals surface area contributed by atoms with Crippen molar-refractivity contribution in [3.63, 3.8) is 0 Å². The average Bonchev–Trinajstić information content (AvgIpc) is 2.63. The van der Waals surface area contributed by atoms with Gasteiger partial charge in [0.25, 0.3) is 0 Å². The molecule has 2 rings (SSSR count). The third-order valence-corrected chi connectivity index (χ3v) is 4.14. The summed E-state index contributed by atoms with van der Waals surface area (Å²) in [6, 6.07) is 4.42. The summed E-state index contributed by atoms with van der Waals surface area (Å²) in [5.74, 6) is -1.35. The predicted molar refractivity (Wildman–Crippen MR) is 76.3 cm³/mol. The van der Waals surface area contributed by atoms with Crippen LogP contribution in [0, 0.1) is 5.82 Å². The summed E-state index contributed by atoms with van der Waals surface area (Å²) >= 11 is 0. The molecule has 1 heterocycles. The van der Waals surface area contributed by atoms with E-state index in [2.05, 4.69) is 11.8 Å². The molecule has 1 fully saturated rings. The fourth-order valence-electron chi connectivity index (χ4n) is 3.03. The first-order valence-electron chi connectivity index (χ1n) is 7.37. The fraction of sp³-hybridized carbons (Fsp3) is 0.562. The Morgan fingerprint density at radius 3 is 2.90 bits per heavy atom. The Bertz CT molecular complexity index is 476. The average molecular weight is 279 g/mol. The summed E-state index contributed by atoms with van der Waals surface area (Å²) in [6.07, 6.45) is 5.78. The summed E-state index contributed by atoms with van der Waals surface area (Å²) in [5.41, 5.74) is 0.795. The zero-order valence-electron chi connectivity index (χ0n) is 11.9. The topological polar surface area (TPSA) is 40.5 Å². The molecule has 4 heteroatoms. The maximum absolute atomic E-state index is 13.4. The molecule has 1 aromatic carbocycles. The third kappa shape index (κ3) is 3.57. The lowest BCUT2D eigenvalue weighted by Crippen LogP contribution is -2.34. The first-order valence-corrected chi connectivity index (χ1v) is 7.37. The summed E-state index contributed by atoms with van der Waals surface area (Å²) in [4.78, 5) is 13.6. The highest BCUT2D eigenvalue weighted by molar-refractivity contribution is 5.89. The number of benzene rings is 1. The highest BCUT2D eigenvalue weighted by Gasteiger charge is 2.21. The quantitative estimate of drug-likeness (QED) is 0.914. The van der Waals surface area contributed by atoms with Gasteiger partial charge in [-0.15, -0.1) is 0 Å². The predicted octanol–water partition coefficient (Wildman–Crippen LogP) is 3.68. The lowest BCUT2D eigenvalue weighted by molar-refractivity contribution is 0.0693. The van der Waals surface area contributed by atoms with Crippen molar-refractivity contribution in [1.82, 2.24) is 4.90 Å². The SMILES string of the molecule is CCC1CCCCCN1Cc1cc(F)ccc1C(=O)O. The number of nitrogens with zero attached hydrogens (tertiary/aromatic N) is 1. The summed E-state index contributed by atoms with van der Waals surface area (Å²) in [5, 5.41) is 9.22. The van der Waals surface area contributed by atoms with Crippen molar-refractivity contribution in [2.75, 3.05) is 6.54 Å². The van der Waals surface area contributed by atoms with Crippen LogP contribution in [-0.4, -0.2) is 28.6 Å². The number of hydrogen-bond acceptors (Lipinski definition) is 2. The normalized spacial score (nSPS) is 20.6. The van der Waals surface area contributed by atoms with Gasteiger partial charge in [-0.05, 0) is 49.6 Å². The van der Waals surface area contributed by atoms with E-state index >= 15 is 0 Å². The lowest BCUT2D eigenvalue weighted by Gasteiger charge is -2.29. The monoisotopic (exact) mass is 279 g/mol. The van der Waals surface area contributed by atoms with E-state index in [9.17, 15) is 14.3 Å². The standard InChI is InChI=1S/C16H22FNO2/c1-2-14-6-4-3-5-9-18(14)11-12-10-13(17)7-8-15(12)16(19)20/h7-8,10,14H,2-6,9,11H2,1H3,(H,19,20). The fourth-order valence-corrected chi connectivity index (χ4v) is 3.03. The highest BCUT2D eigenvalue weighted by Crippen LogP contribution is 2.23.